The van der Waals surface area contributed by atoms with E-state index in [9.17, 15) is 0 Å². The van der Waals surface area contributed by atoms with E-state index in [1.54, 1.807) is 0 Å². The molecule has 276 valence electrons. The van der Waals surface area contributed by atoms with E-state index in [1.165, 1.54) is 5.39 Å². The van der Waals surface area contributed by atoms with Crippen molar-refractivity contribution in [2.24, 2.45) is 0 Å². The number of furan rings is 1. The summed E-state index contributed by atoms with van der Waals surface area (Å²) >= 11 is 0. The van der Waals surface area contributed by atoms with Crippen LogP contribution in [0, 0.1) is 0 Å². The SMILES string of the molecule is c1ccc(-c2nc(-c3cccc(-c4cccc(-c5nc(-c6ccccc6)nc(-c6ccccc6)n5)c4)c3)cc(-c3cccc4c3oc3cc5ccccc5cc34)n2)cc1. The smallest absolute Gasteiger partial charge is 0.164 e. The number of rotatable bonds is 7. The van der Waals surface area contributed by atoms with Crippen LogP contribution in [0.15, 0.2) is 205 Å². The standard InChI is InChI=1S/C53H33N5O/c1-4-15-34(16-5-1)50-54-46(33-47(55-50)44-28-14-27-43-45-31-39-21-10-11-22-40(39)32-48(45)59-49(43)44)41-25-12-23-37(29-41)38-24-13-26-42(30-38)53-57-51(35-17-6-2-7-18-35)56-52(58-53)36-19-8-3-9-20-36/h1-33H. The molecule has 59 heavy (non-hydrogen) atoms. The van der Waals surface area contributed by atoms with Gasteiger partial charge < -0.3 is 4.42 Å². The van der Waals surface area contributed by atoms with Gasteiger partial charge in [0.1, 0.15) is 11.2 Å². The summed E-state index contributed by atoms with van der Waals surface area (Å²) in [6.45, 7) is 0. The molecule has 0 fully saturated rings. The van der Waals surface area contributed by atoms with E-state index in [1.807, 2.05) is 91.0 Å². The van der Waals surface area contributed by atoms with Gasteiger partial charge >= 0.3 is 0 Å². The lowest BCUT2D eigenvalue weighted by molar-refractivity contribution is 0.670. The van der Waals surface area contributed by atoms with Crippen LogP contribution in [-0.2, 0) is 0 Å². The fraction of sp³-hybridized carbons (Fsp3) is 0. The third-order valence-electron chi connectivity index (χ3n) is 10.7. The van der Waals surface area contributed by atoms with Gasteiger partial charge in [-0.25, -0.2) is 24.9 Å². The molecule has 0 bridgehead atoms. The average Bonchev–Trinajstić information content (AvgIpc) is 3.69. The summed E-state index contributed by atoms with van der Waals surface area (Å²) in [6, 6.07) is 68.2. The quantitative estimate of drug-likeness (QED) is 0.161. The van der Waals surface area contributed by atoms with Crippen LogP contribution < -0.4 is 0 Å². The van der Waals surface area contributed by atoms with E-state index in [2.05, 4.69) is 109 Å². The van der Waals surface area contributed by atoms with Gasteiger partial charge in [0.15, 0.2) is 23.3 Å². The average molecular weight is 756 g/mol. The minimum atomic E-state index is 0.608. The topological polar surface area (TPSA) is 77.6 Å². The van der Waals surface area contributed by atoms with Crippen molar-refractivity contribution in [1.82, 2.24) is 24.9 Å². The highest BCUT2D eigenvalue weighted by molar-refractivity contribution is 6.13. The van der Waals surface area contributed by atoms with Crippen LogP contribution in [0.5, 0.6) is 0 Å². The van der Waals surface area contributed by atoms with Crippen LogP contribution >= 0.6 is 0 Å². The Kier molecular flexibility index (Phi) is 8.37. The molecule has 0 aliphatic rings. The van der Waals surface area contributed by atoms with Crippen molar-refractivity contribution in [3.8, 4) is 79.2 Å². The first-order valence-electron chi connectivity index (χ1n) is 19.6. The van der Waals surface area contributed by atoms with Gasteiger partial charge in [-0.2, -0.15) is 0 Å². The molecule has 0 N–H and O–H groups in total. The van der Waals surface area contributed by atoms with Crippen LogP contribution in [-0.4, -0.2) is 24.9 Å². The van der Waals surface area contributed by atoms with E-state index < -0.39 is 0 Å². The van der Waals surface area contributed by atoms with Crippen LogP contribution in [0.2, 0.25) is 0 Å². The molecule has 0 atom stereocenters. The monoisotopic (exact) mass is 755 g/mol. The Morgan fingerprint density at radius 3 is 1.37 bits per heavy atom. The molecule has 6 heteroatoms. The third kappa shape index (κ3) is 6.49. The molecule has 0 spiro atoms. The molecule has 6 nitrogen and oxygen atoms in total. The van der Waals surface area contributed by atoms with Crippen molar-refractivity contribution >= 4 is 32.7 Å². The molecule has 0 aliphatic heterocycles. The van der Waals surface area contributed by atoms with Crippen molar-refractivity contribution in [2.45, 2.75) is 0 Å². The van der Waals surface area contributed by atoms with Gasteiger partial charge in [0.2, 0.25) is 0 Å². The first kappa shape index (κ1) is 34.2. The number of fused-ring (bicyclic) bond motifs is 4. The summed E-state index contributed by atoms with van der Waals surface area (Å²) in [5.74, 6) is 2.50. The van der Waals surface area contributed by atoms with Gasteiger partial charge in [0, 0.05) is 44.2 Å². The lowest BCUT2D eigenvalue weighted by Gasteiger charge is -2.12. The normalized spacial score (nSPS) is 11.4. The number of hydrogen-bond donors (Lipinski definition) is 0. The molecule has 3 aromatic heterocycles. The number of para-hydroxylation sites is 1. The molecule has 11 rings (SSSR count). The Labute approximate surface area is 340 Å². The van der Waals surface area contributed by atoms with Gasteiger partial charge in [0.25, 0.3) is 0 Å². The number of hydrogen-bond acceptors (Lipinski definition) is 6. The lowest BCUT2D eigenvalue weighted by Crippen LogP contribution is -2.00. The zero-order valence-corrected chi connectivity index (χ0v) is 31.7. The fourth-order valence-electron chi connectivity index (χ4n) is 7.77. The molecule has 0 amide bonds. The lowest BCUT2D eigenvalue weighted by atomic mass is 9.98. The Balaban J connectivity index is 1.02. The summed E-state index contributed by atoms with van der Waals surface area (Å²) in [7, 11) is 0. The van der Waals surface area contributed by atoms with E-state index in [0.717, 1.165) is 83.2 Å². The minimum absolute atomic E-state index is 0.608. The van der Waals surface area contributed by atoms with Crippen LogP contribution in [0.4, 0.5) is 0 Å². The molecule has 3 heterocycles. The molecule has 0 saturated heterocycles. The molecule has 0 unspecified atom stereocenters. The molecule has 0 saturated carbocycles. The second-order valence-electron chi connectivity index (χ2n) is 14.5. The first-order valence-corrected chi connectivity index (χ1v) is 19.6. The highest BCUT2D eigenvalue weighted by Gasteiger charge is 2.18. The fourth-order valence-corrected chi connectivity index (χ4v) is 7.77. The number of benzene rings is 8. The molecular weight excluding hydrogens is 723 g/mol. The van der Waals surface area contributed by atoms with Crippen molar-refractivity contribution in [3.05, 3.63) is 200 Å². The molecule has 11 aromatic rings. The van der Waals surface area contributed by atoms with Gasteiger partial charge in [-0.15, -0.1) is 0 Å². The minimum Gasteiger partial charge on any atom is -0.455 e. The van der Waals surface area contributed by atoms with Gasteiger partial charge in [-0.3, -0.25) is 0 Å². The van der Waals surface area contributed by atoms with Gasteiger partial charge in [-0.1, -0.05) is 164 Å². The highest BCUT2D eigenvalue weighted by Crippen LogP contribution is 2.39. The summed E-state index contributed by atoms with van der Waals surface area (Å²) < 4.78 is 6.65. The zero-order valence-electron chi connectivity index (χ0n) is 31.7. The Bertz CT molecular complexity index is 3270. The summed E-state index contributed by atoms with van der Waals surface area (Å²) in [6.07, 6.45) is 0. The molecular formula is C53H33N5O. The second-order valence-corrected chi connectivity index (χ2v) is 14.5. The van der Waals surface area contributed by atoms with E-state index in [4.69, 9.17) is 29.3 Å². The summed E-state index contributed by atoms with van der Waals surface area (Å²) in [5, 5.41) is 4.45. The summed E-state index contributed by atoms with van der Waals surface area (Å²) in [5.41, 5.74) is 10.9. The summed E-state index contributed by atoms with van der Waals surface area (Å²) in [4.78, 5) is 25.2. The molecule has 0 radical (unpaired) electrons. The Morgan fingerprint density at radius 1 is 0.288 bits per heavy atom. The van der Waals surface area contributed by atoms with Crippen LogP contribution in [0.1, 0.15) is 0 Å². The van der Waals surface area contributed by atoms with Crippen molar-refractivity contribution < 1.29 is 4.42 Å². The van der Waals surface area contributed by atoms with Crippen molar-refractivity contribution in [1.29, 1.82) is 0 Å². The van der Waals surface area contributed by atoms with E-state index >= 15 is 0 Å². The largest absolute Gasteiger partial charge is 0.455 e. The Hall–Kier alpha value is -8.09. The number of aromatic nitrogens is 5. The number of nitrogens with zero attached hydrogens (tertiary/aromatic N) is 5. The van der Waals surface area contributed by atoms with Gasteiger partial charge in [0.05, 0.1) is 11.4 Å². The highest BCUT2D eigenvalue weighted by atomic mass is 16.3. The predicted octanol–water partition coefficient (Wildman–Crippen LogP) is 13.4. The Morgan fingerprint density at radius 2 is 0.746 bits per heavy atom. The first-order chi connectivity index (χ1) is 29.2. The maximum absolute atomic E-state index is 6.65. The van der Waals surface area contributed by atoms with Crippen molar-refractivity contribution in [2.75, 3.05) is 0 Å². The zero-order chi connectivity index (χ0) is 39.1. The van der Waals surface area contributed by atoms with E-state index in [0.29, 0.717) is 23.3 Å². The van der Waals surface area contributed by atoms with E-state index in [-0.39, 0.29) is 0 Å². The molecule has 0 aliphatic carbocycles. The van der Waals surface area contributed by atoms with Crippen LogP contribution in [0.25, 0.3) is 112 Å². The predicted molar refractivity (Wildman–Crippen MR) is 238 cm³/mol. The maximum atomic E-state index is 6.65. The van der Waals surface area contributed by atoms with Crippen molar-refractivity contribution in [3.63, 3.8) is 0 Å². The van der Waals surface area contributed by atoms with Gasteiger partial charge in [-0.05, 0) is 58.3 Å². The second kappa shape index (κ2) is 14.4. The molecule has 8 aromatic carbocycles. The van der Waals surface area contributed by atoms with Crippen LogP contribution in [0.3, 0.4) is 0 Å². The maximum Gasteiger partial charge on any atom is 0.164 e. The third-order valence-corrected chi connectivity index (χ3v) is 10.7.